The number of amides is 1. The van der Waals surface area contributed by atoms with Crippen molar-refractivity contribution in [3.05, 3.63) is 53.1 Å². The maximum Gasteiger partial charge on any atom is 0.410 e. The third kappa shape index (κ3) is 3.77. The summed E-state index contributed by atoms with van der Waals surface area (Å²) >= 11 is 0. The van der Waals surface area contributed by atoms with E-state index in [-0.39, 0.29) is 12.7 Å². The Morgan fingerprint density at radius 2 is 1.97 bits per heavy atom. The van der Waals surface area contributed by atoms with Gasteiger partial charge in [0.15, 0.2) is 0 Å². The van der Waals surface area contributed by atoms with Crippen LogP contribution in [0.2, 0.25) is 0 Å². The molecule has 3 aliphatic rings. The molecule has 0 radical (unpaired) electrons. The van der Waals surface area contributed by atoms with Crippen LogP contribution < -0.4 is 4.90 Å². The number of aliphatic hydroxyl groups excluding tert-OH is 1. The van der Waals surface area contributed by atoms with E-state index in [0.29, 0.717) is 18.5 Å². The van der Waals surface area contributed by atoms with E-state index in [2.05, 4.69) is 23.1 Å². The standard InChI is InChI=1S/C27H34N2O3/c1-27(2,3)32-26(31)28-13-11-24-23(16-28)22-15-20(21-10-5-4-9-19(21)17-30)14-18-8-6-7-12-29(24)25(18)22/h4-5,9-10,14-15,23-24,30H,6-8,11-13,16-17H2,1-3H3/t23-,24-/m0/s1. The molecule has 0 bridgehead atoms. The highest BCUT2D eigenvalue weighted by Crippen LogP contribution is 2.49. The van der Waals surface area contributed by atoms with Gasteiger partial charge in [0.05, 0.1) is 6.61 Å². The van der Waals surface area contributed by atoms with Crippen molar-refractivity contribution in [3.63, 3.8) is 0 Å². The Kier molecular flexibility index (Phi) is 5.40. The third-order valence-corrected chi connectivity index (χ3v) is 7.13. The maximum absolute atomic E-state index is 12.8. The summed E-state index contributed by atoms with van der Waals surface area (Å²) in [5.74, 6) is 0.296. The lowest BCUT2D eigenvalue weighted by atomic mass is 9.85. The SMILES string of the molecule is CC(C)(C)OC(=O)N1CC[C@H]2[C@@H](C1)c1cc(-c3ccccc3CO)cc3c1N2CCCC3. The molecule has 1 fully saturated rings. The van der Waals surface area contributed by atoms with Crippen molar-refractivity contribution < 1.29 is 14.6 Å². The van der Waals surface area contributed by atoms with E-state index in [4.69, 9.17) is 4.74 Å². The third-order valence-electron chi connectivity index (χ3n) is 7.13. The molecular formula is C27H34N2O3. The molecule has 0 aromatic heterocycles. The number of likely N-dealkylation sites (tertiary alicyclic amines) is 1. The van der Waals surface area contributed by atoms with Crippen LogP contribution in [0, 0.1) is 0 Å². The summed E-state index contributed by atoms with van der Waals surface area (Å²) in [6, 6.07) is 13.2. The second-order valence-electron chi connectivity index (χ2n) is 10.4. The summed E-state index contributed by atoms with van der Waals surface area (Å²) in [7, 11) is 0. The van der Waals surface area contributed by atoms with E-state index in [1.54, 1.807) is 0 Å². The van der Waals surface area contributed by atoms with Crippen LogP contribution in [0.5, 0.6) is 0 Å². The van der Waals surface area contributed by atoms with Crippen molar-refractivity contribution in [2.24, 2.45) is 0 Å². The number of carbonyl (C=O) groups excluding carboxylic acids is 1. The first kappa shape index (κ1) is 21.3. The van der Waals surface area contributed by atoms with E-state index in [1.165, 1.54) is 35.2 Å². The Morgan fingerprint density at radius 1 is 1.16 bits per heavy atom. The van der Waals surface area contributed by atoms with Crippen LogP contribution in [-0.4, -0.2) is 47.4 Å². The highest BCUT2D eigenvalue weighted by molar-refractivity contribution is 5.78. The summed E-state index contributed by atoms with van der Waals surface area (Å²) in [6.45, 7) is 8.35. The van der Waals surface area contributed by atoms with Gasteiger partial charge in [0.25, 0.3) is 0 Å². The second kappa shape index (κ2) is 8.11. The van der Waals surface area contributed by atoms with Gasteiger partial charge in [-0.1, -0.05) is 24.3 Å². The average Bonchev–Trinajstić information content (AvgIpc) is 2.92. The normalized spacial score (nSPS) is 22.2. The maximum atomic E-state index is 12.8. The van der Waals surface area contributed by atoms with Gasteiger partial charge >= 0.3 is 6.09 Å². The molecule has 0 unspecified atom stereocenters. The zero-order chi connectivity index (χ0) is 22.5. The fourth-order valence-electron chi connectivity index (χ4n) is 5.79. The molecule has 170 valence electrons. The number of fused-ring (bicyclic) bond motifs is 3. The molecule has 32 heavy (non-hydrogen) atoms. The lowest BCUT2D eigenvalue weighted by Crippen LogP contribution is -2.49. The Hall–Kier alpha value is -2.53. The van der Waals surface area contributed by atoms with Crippen LogP contribution in [0.1, 0.15) is 62.6 Å². The van der Waals surface area contributed by atoms with E-state index >= 15 is 0 Å². The number of ether oxygens (including phenoxy) is 1. The predicted octanol–water partition coefficient (Wildman–Crippen LogP) is 5.10. The number of hydrogen-bond acceptors (Lipinski definition) is 4. The molecule has 3 heterocycles. The molecule has 5 rings (SSSR count). The van der Waals surface area contributed by atoms with Gasteiger partial charge < -0.3 is 19.6 Å². The fraction of sp³-hybridized carbons (Fsp3) is 0.519. The number of piperidine rings is 1. The molecule has 2 aromatic carbocycles. The summed E-state index contributed by atoms with van der Waals surface area (Å²) < 4.78 is 5.69. The van der Waals surface area contributed by atoms with Crippen molar-refractivity contribution in [1.82, 2.24) is 4.90 Å². The number of nitrogens with zero attached hydrogens (tertiary/aromatic N) is 2. The van der Waals surface area contributed by atoms with Gasteiger partial charge in [-0.25, -0.2) is 4.79 Å². The Morgan fingerprint density at radius 3 is 2.75 bits per heavy atom. The number of anilines is 1. The molecule has 2 atom stereocenters. The minimum absolute atomic E-state index is 0.0349. The fourth-order valence-corrected chi connectivity index (χ4v) is 5.79. The minimum atomic E-state index is -0.483. The van der Waals surface area contributed by atoms with E-state index in [9.17, 15) is 9.90 Å². The zero-order valence-electron chi connectivity index (χ0n) is 19.4. The molecule has 1 saturated heterocycles. The molecule has 1 N–H and O–H groups in total. The van der Waals surface area contributed by atoms with Crippen molar-refractivity contribution >= 4 is 11.8 Å². The summed E-state index contributed by atoms with van der Waals surface area (Å²) in [4.78, 5) is 17.4. The van der Waals surface area contributed by atoms with E-state index in [0.717, 1.165) is 37.1 Å². The van der Waals surface area contributed by atoms with Crippen molar-refractivity contribution in [2.75, 3.05) is 24.5 Å². The number of aryl methyl sites for hydroxylation is 1. The van der Waals surface area contributed by atoms with Gasteiger partial charge in [-0.15, -0.1) is 0 Å². The number of hydrogen-bond donors (Lipinski definition) is 1. The minimum Gasteiger partial charge on any atom is -0.444 e. The first-order valence-electron chi connectivity index (χ1n) is 12.0. The van der Waals surface area contributed by atoms with Crippen LogP contribution in [0.3, 0.4) is 0 Å². The van der Waals surface area contributed by atoms with Crippen molar-refractivity contribution in [2.45, 2.75) is 70.6 Å². The van der Waals surface area contributed by atoms with Gasteiger partial charge in [-0.05, 0) is 86.4 Å². The second-order valence-corrected chi connectivity index (χ2v) is 10.4. The van der Waals surface area contributed by atoms with Gasteiger partial charge in [-0.2, -0.15) is 0 Å². The molecule has 2 aromatic rings. The van der Waals surface area contributed by atoms with Gasteiger partial charge in [0.2, 0.25) is 0 Å². The Balaban J connectivity index is 1.55. The highest BCUT2D eigenvalue weighted by atomic mass is 16.6. The van der Waals surface area contributed by atoms with Crippen molar-refractivity contribution in [3.8, 4) is 11.1 Å². The number of carbonyl (C=O) groups is 1. The summed E-state index contributed by atoms with van der Waals surface area (Å²) in [6.07, 6.45) is 4.26. The number of aliphatic hydroxyl groups is 1. The Labute approximate surface area is 191 Å². The molecular weight excluding hydrogens is 400 g/mol. The zero-order valence-corrected chi connectivity index (χ0v) is 19.4. The lowest BCUT2D eigenvalue weighted by molar-refractivity contribution is 0.0189. The molecule has 1 amide bonds. The van der Waals surface area contributed by atoms with Crippen LogP contribution in [0.4, 0.5) is 10.5 Å². The quantitative estimate of drug-likeness (QED) is 0.715. The monoisotopic (exact) mass is 434 g/mol. The molecule has 5 heteroatoms. The van der Waals surface area contributed by atoms with Crippen LogP contribution in [-0.2, 0) is 17.8 Å². The molecule has 0 saturated carbocycles. The molecule has 3 aliphatic heterocycles. The first-order valence-corrected chi connectivity index (χ1v) is 12.0. The van der Waals surface area contributed by atoms with Gasteiger partial charge in [0, 0.05) is 37.3 Å². The van der Waals surface area contributed by atoms with E-state index < -0.39 is 5.60 Å². The molecule has 0 aliphatic carbocycles. The van der Waals surface area contributed by atoms with E-state index in [1.807, 2.05) is 43.9 Å². The number of benzene rings is 2. The predicted molar refractivity (Wildman–Crippen MR) is 127 cm³/mol. The first-order chi connectivity index (χ1) is 15.4. The Bertz CT molecular complexity index is 1030. The van der Waals surface area contributed by atoms with Crippen LogP contribution >= 0.6 is 0 Å². The summed E-state index contributed by atoms with van der Waals surface area (Å²) in [5, 5.41) is 9.91. The van der Waals surface area contributed by atoms with Gasteiger partial charge in [0.1, 0.15) is 5.60 Å². The van der Waals surface area contributed by atoms with Crippen LogP contribution in [0.15, 0.2) is 36.4 Å². The van der Waals surface area contributed by atoms with Crippen LogP contribution in [0.25, 0.3) is 11.1 Å². The number of rotatable bonds is 2. The highest BCUT2D eigenvalue weighted by Gasteiger charge is 2.45. The topological polar surface area (TPSA) is 53.0 Å². The largest absolute Gasteiger partial charge is 0.444 e. The smallest absolute Gasteiger partial charge is 0.410 e. The summed E-state index contributed by atoms with van der Waals surface area (Å²) in [5.41, 5.74) is 6.95. The average molecular weight is 435 g/mol. The van der Waals surface area contributed by atoms with Crippen molar-refractivity contribution in [1.29, 1.82) is 0 Å². The molecule has 5 nitrogen and oxygen atoms in total. The lowest BCUT2D eigenvalue weighted by Gasteiger charge is -2.39. The van der Waals surface area contributed by atoms with Gasteiger partial charge in [-0.3, -0.25) is 0 Å². The molecule has 0 spiro atoms.